The number of rotatable bonds is 5. The maximum atomic E-state index is 5.51. The number of nitrogens with one attached hydrogen (secondary N) is 1. The summed E-state index contributed by atoms with van der Waals surface area (Å²) in [7, 11) is 0. The summed E-state index contributed by atoms with van der Waals surface area (Å²) in [5.74, 6) is 1.69. The van der Waals surface area contributed by atoms with Crippen molar-refractivity contribution in [2.75, 3.05) is 6.79 Å². The van der Waals surface area contributed by atoms with E-state index < -0.39 is 0 Å². The number of nitrogens with zero attached hydrogens (tertiary/aromatic N) is 1. The number of fused-ring (bicyclic) bond motifs is 1. The minimum absolute atomic E-state index is 0.235. The molecule has 0 fully saturated rings. The third-order valence-electron chi connectivity index (χ3n) is 3.37. The predicted molar refractivity (Wildman–Crippen MR) is 79.3 cm³/mol. The first kappa shape index (κ1) is 13.4. The SMILES string of the molecule is CCc1cnc(C(C)NCc2cccc3c2OCO3)s1. The Morgan fingerprint density at radius 2 is 2.30 bits per heavy atom. The van der Waals surface area contributed by atoms with Gasteiger partial charge in [0, 0.05) is 23.2 Å². The molecule has 0 radical (unpaired) electrons. The van der Waals surface area contributed by atoms with Crippen LogP contribution in [0.25, 0.3) is 0 Å². The van der Waals surface area contributed by atoms with E-state index in [0.717, 1.165) is 35.0 Å². The standard InChI is InChI=1S/C15H18N2O2S/c1-3-12-8-17-15(20-12)10(2)16-7-11-5-4-6-13-14(11)19-9-18-13/h4-6,8,10,16H,3,7,9H2,1-2H3. The Labute approximate surface area is 122 Å². The third kappa shape index (κ3) is 2.64. The molecule has 3 rings (SSSR count). The van der Waals surface area contributed by atoms with Gasteiger partial charge in [-0.3, -0.25) is 0 Å². The van der Waals surface area contributed by atoms with Crippen LogP contribution in [0.15, 0.2) is 24.4 Å². The van der Waals surface area contributed by atoms with Gasteiger partial charge in [-0.25, -0.2) is 4.98 Å². The number of ether oxygens (including phenoxy) is 2. The first-order valence-corrected chi connectivity index (χ1v) is 7.65. The Balaban J connectivity index is 1.66. The fourth-order valence-corrected chi connectivity index (χ4v) is 3.05. The predicted octanol–water partition coefficient (Wildman–Crippen LogP) is 3.29. The van der Waals surface area contributed by atoms with Crippen molar-refractivity contribution in [3.05, 3.63) is 39.8 Å². The van der Waals surface area contributed by atoms with Crippen molar-refractivity contribution in [2.24, 2.45) is 0 Å². The summed E-state index contributed by atoms with van der Waals surface area (Å²) in [5, 5.41) is 4.63. The Morgan fingerprint density at radius 3 is 3.10 bits per heavy atom. The summed E-state index contributed by atoms with van der Waals surface area (Å²) in [6.45, 7) is 5.35. The largest absolute Gasteiger partial charge is 0.454 e. The molecule has 5 heteroatoms. The van der Waals surface area contributed by atoms with E-state index in [1.807, 2.05) is 18.3 Å². The molecule has 0 bridgehead atoms. The molecule has 20 heavy (non-hydrogen) atoms. The van der Waals surface area contributed by atoms with Gasteiger partial charge in [-0.15, -0.1) is 11.3 Å². The van der Waals surface area contributed by atoms with Gasteiger partial charge in [0.1, 0.15) is 5.01 Å². The van der Waals surface area contributed by atoms with Gasteiger partial charge in [0.2, 0.25) is 6.79 Å². The molecular formula is C15H18N2O2S. The first-order valence-electron chi connectivity index (χ1n) is 6.83. The lowest BCUT2D eigenvalue weighted by molar-refractivity contribution is 0.173. The van der Waals surface area contributed by atoms with Gasteiger partial charge >= 0.3 is 0 Å². The van der Waals surface area contributed by atoms with E-state index in [4.69, 9.17) is 9.47 Å². The molecule has 2 aromatic rings. The van der Waals surface area contributed by atoms with E-state index in [1.165, 1.54) is 4.88 Å². The quantitative estimate of drug-likeness (QED) is 0.917. The van der Waals surface area contributed by atoms with E-state index in [9.17, 15) is 0 Å². The van der Waals surface area contributed by atoms with Crippen molar-refractivity contribution in [1.29, 1.82) is 0 Å². The zero-order chi connectivity index (χ0) is 13.9. The average molecular weight is 290 g/mol. The van der Waals surface area contributed by atoms with E-state index in [0.29, 0.717) is 6.79 Å². The molecule has 0 saturated carbocycles. The van der Waals surface area contributed by atoms with Gasteiger partial charge in [-0.1, -0.05) is 19.1 Å². The minimum atomic E-state index is 0.235. The average Bonchev–Trinajstić information content (AvgIpc) is 3.13. The Morgan fingerprint density at radius 1 is 1.40 bits per heavy atom. The van der Waals surface area contributed by atoms with Crippen LogP contribution < -0.4 is 14.8 Å². The minimum Gasteiger partial charge on any atom is -0.454 e. The fraction of sp³-hybridized carbons (Fsp3) is 0.400. The van der Waals surface area contributed by atoms with Crippen LogP contribution >= 0.6 is 11.3 Å². The summed E-state index contributed by atoms with van der Waals surface area (Å²) in [5.41, 5.74) is 1.12. The molecule has 0 amide bonds. The Bertz CT molecular complexity index is 597. The van der Waals surface area contributed by atoms with Crippen LogP contribution in [0.5, 0.6) is 11.5 Å². The normalized spacial score (nSPS) is 14.5. The lowest BCUT2D eigenvalue weighted by Gasteiger charge is -2.12. The van der Waals surface area contributed by atoms with Crippen LogP contribution in [-0.4, -0.2) is 11.8 Å². The zero-order valence-corrected chi connectivity index (χ0v) is 12.5. The van der Waals surface area contributed by atoms with E-state index in [-0.39, 0.29) is 6.04 Å². The van der Waals surface area contributed by atoms with E-state index in [1.54, 1.807) is 11.3 Å². The number of benzene rings is 1. The topological polar surface area (TPSA) is 43.4 Å². The summed E-state index contributed by atoms with van der Waals surface area (Å²) >= 11 is 1.77. The molecule has 0 aliphatic carbocycles. The van der Waals surface area contributed by atoms with Crippen LogP contribution in [0.3, 0.4) is 0 Å². The van der Waals surface area contributed by atoms with Gasteiger partial charge in [0.05, 0.1) is 6.04 Å². The number of aromatic nitrogens is 1. The molecule has 1 aromatic heterocycles. The number of aryl methyl sites for hydroxylation is 1. The molecule has 0 spiro atoms. The van der Waals surface area contributed by atoms with Crippen molar-refractivity contribution in [3.8, 4) is 11.5 Å². The van der Waals surface area contributed by atoms with Crippen LogP contribution in [-0.2, 0) is 13.0 Å². The monoisotopic (exact) mass is 290 g/mol. The summed E-state index contributed by atoms with van der Waals surface area (Å²) < 4.78 is 10.9. The molecule has 2 heterocycles. The molecule has 1 N–H and O–H groups in total. The lowest BCUT2D eigenvalue weighted by atomic mass is 10.2. The highest BCUT2D eigenvalue weighted by Gasteiger charge is 2.18. The van der Waals surface area contributed by atoms with Crippen molar-refractivity contribution in [3.63, 3.8) is 0 Å². The van der Waals surface area contributed by atoms with Crippen molar-refractivity contribution >= 4 is 11.3 Å². The van der Waals surface area contributed by atoms with E-state index >= 15 is 0 Å². The summed E-state index contributed by atoms with van der Waals surface area (Å²) in [6.07, 6.45) is 3.01. The van der Waals surface area contributed by atoms with Crippen LogP contribution in [0, 0.1) is 0 Å². The van der Waals surface area contributed by atoms with Crippen LogP contribution in [0.2, 0.25) is 0 Å². The molecule has 1 aliphatic heterocycles. The second-order valence-corrected chi connectivity index (χ2v) is 5.92. The Hall–Kier alpha value is -1.59. The van der Waals surface area contributed by atoms with Gasteiger partial charge < -0.3 is 14.8 Å². The third-order valence-corrected chi connectivity index (χ3v) is 4.69. The van der Waals surface area contributed by atoms with Gasteiger partial charge in [-0.2, -0.15) is 0 Å². The van der Waals surface area contributed by atoms with Crippen molar-refractivity contribution in [2.45, 2.75) is 32.9 Å². The molecule has 106 valence electrons. The number of thiazole rings is 1. The molecule has 1 aromatic carbocycles. The van der Waals surface area contributed by atoms with Crippen LogP contribution in [0.4, 0.5) is 0 Å². The molecular weight excluding hydrogens is 272 g/mol. The molecule has 0 saturated heterocycles. The van der Waals surface area contributed by atoms with Gasteiger partial charge in [0.25, 0.3) is 0 Å². The van der Waals surface area contributed by atoms with Gasteiger partial charge in [0.15, 0.2) is 11.5 Å². The first-order chi connectivity index (χ1) is 9.78. The van der Waals surface area contributed by atoms with E-state index in [2.05, 4.69) is 30.2 Å². The second kappa shape index (κ2) is 5.81. The molecule has 1 unspecified atom stereocenters. The zero-order valence-electron chi connectivity index (χ0n) is 11.7. The molecule has 1 aliphatic rings. The highest BCUT2D eigenvalue weighted by atomic mass is 32.1. The maximum Gasteiger partial charge on any atom is 0.231 e. The smallest absolute Gasteiger partial charge is 0.231 e. The van der Waals surface area contributed by atoms with Gasteiger partial charge in [-0.05, 0) is 19.4 Å². The van der Waals surface area contributed by atoms with Crippen molar-refractivity contribution in [1.82, 2.24) is 10.3 Å². The second-order valence-electron chi connectivity index (χ2n) is 4.77. The lowest BCUT2D eigenvalue weighted by Crippen LogP contribution is -2.18. The number of hydrogen-bond acceptors (Lipinski definition) is 5. The molecule has 4 nitrogen and oxygen atoms in total. The van der Waals surface area contributed by atoms with Crippen LogP contribution in [0.1, 0.15) is 35.3 Å². The fourth-order valence-electron chi connectivity index (χ4n) is 2.17. The molecule has 1 atom stereocenters. The highest BCUT2D eigenvalue weighted by Crippen LogP contribution is 2.35. The summed E-state index contributed by atoms with van der Waals surface area (Å²) in [4.78, 5) is 5.80. The Kier molecular flexibility index (Phi) is 3.89. The summed E-state index contributed by atoms with van der Waals surface area (Å²) in [6, 6.07) is 6.22. The van der Waals surface area contributed by atoms with Crippen molar-refractivity contribution < 1.29 is 9.47 Å². The highest BCUT2D eigenvalue weighted by molar-refractivity contribution is 7.11. The number of hydrogen-bond donors (Lipinski definition) is 1. The number of para-hydroxylation sites is 1. The maximum absolute atomic E-state index is 5.51.